The van der Waals surface area contributed by atoms with Gasteiger partial charge < -0.3 is 0 Å². The molecule has 2 rings (SSSR count). The van der Waals surface area contributed by atoms with Crippen LogP contribution in [0.15, 0.2) is 12.3 Å². The summed E-state index contributed by atoms with van der Waals surface area (Å²) in [5.41, 5.74) is 1.09. The number of pyridine rings is 1. The summed E-state index contributed by atoms with van der Waals surface area (Å²) < 4.78 is 0. The van der Waals surface area contributed by atoms with Crippen LogP contribution >= 0.6 is 23.2 Å². The third kappa shape index (κ3) is 3.59. The minimum Gasteiger partial charge on any atom is -0.296 e. The van der Waals surface area contributed by atoms with Gasteiger partial charge in [0.25, 0.3) is 0 Å². The van der Waals surface area contributed by atoms with E-state index in [-0.39, 0.29) is 0 Å². The monoisotopic (exact) mass is 286 g/mol. The Balaban J connectivity index is 2.06. The van der Waals surface area contributed by atoms with Crippen molar-refractivity contribution in [3.05, 3.63) is 28.0 Å². The lowest BCUT2D eigenvalue weighted by Crippen LogP contribution is -2.38. The van der Waals surface area contributed by atoms with Crippen molar-refractivity contribution >= 4 is 23.2 Å². The third-order valence-corrected chi connectivity index (χ3v) is 4.20. The zero-order valence-electron chi connectivity index (χ0n) is 10.8. The smallest absolute Gasteiger partial charge is 0.130 e. The molecule has 0 saturated carbocycles. The van der Waals surface area contributed by atoms with Crippen molar-refractivity contribution in [2.24, 2.45) is 0 Å². The summed E-state index contributed by atoms with van der Waals surface area (Å²) in [7, 11) is 0. The van der Waals surface area contributed by atoms with Crippen LogP contribution in [-0.2, 0) is 6.54 Å². The Kier molecular flexibility index (Phi) is 5.28. The summed E-state index contributed by atoms with van der Waals surface area (Å²) in [6.07, 6.45) is 8.29. The molecule has 0 spiro atoms. The number of rotatable bonds is 4. The second-order valence-corrected chi connectivity index (χ2v) is 5.80. The molecule has 1 unspecified atom stereocenters. The summed E-state index contributed by atoms with van der Waals surface area (Å²) in [5, 5.41) is 1.20. The average molecular weight is 287 g/mol. The van der Waals surface area contributed by atoms with E-state index >= 15 is 0 Å². The second-order valence-electron chi connectivity index (χ2n) is 5.01. The highest BCUT2D eigenvalue weighted by Gasteiger charge is 2.22. The van der Waals surface area contributed by atoms with Crippen LogP contribution in [0, 0.1) is 0 Å². The molecule has 100 valence electrons. The van der Waals surface area contributed by atoms with E-state index in [9.17, 15) is 0 Å². The molecule has 1 aliphatic heterocycles. The van der Waals surface area contributed by atoms with Gasteiger partial charge in [0.1, 0.15) is 5.15 Å². The van der Waals surface area contributed by atoms with Crippen LogP contribution in [0.2, 0.25) is 10.2 Å². The molecule has 0 bridgehead atoms. The Bertz CT molecular complexity index is 393. The van der Waals surface area contributed by atoms with E-state index in [0.717, 1.165) is 17.1 Å². The van der Waals surface area contributed by atoms with Crippen molar-refractivity contribution in [2.45, 2.75) is 51.6 Å². The van der Waals surface area contributed by atoms with Gasteiger partial charge in [0, 0.05) is 29.4 Å². The van der Waals surface area contributed by atoms with Gasteiger partial charge in [0.05, 0.1) is 0 Å². The first-order valence-corrected chi connectivity index (χ1v) is 7.50. The highest BCUT2D eigenvalue weighted by molar-refractivity contribution is 6.34. The fourth-order valence-electron chi connectivity index (χ4n) is 2.70. The fraction of sp³-hybridized carbons (Fsp3) is 0.643. The molecule has 18 heavy (non-hydrogen) atoms. The maximum absolute atomic E-state index is 6.22. The quantitative estimate of drug-likeness (QED) is 0.756. The molecular formula is C14H20Cl2N2. The van der Waals surface area contributed by atoms with E-state index in [1.807, 2.05) is 6.20 Å². The summed E-state index contributed by atoms with van der Waals surface area (Å²) in [4.78, 5) is 6.68. The minimum atomic E-state index is 0.465. The van der Waals surface area contributed by atoms with Gasteiger partial charge in [0.2, 0.25) is 0 Å². The number of piperidine rings is 1. The van der Waals surface area contributed by atoms with Crippen LogP contribution in [0.5, 0.6) is 0 Å². The van der Waals surface area contributed by atoms with Crippen LogP contribution < -0.4 is 0 Å². The lowest BCUT2D eigenvalue weighted by Gasteiger charge is -2.35. The SMILES string of the molecule is CCCC1CCCCN1Cc1cnc(Cl)cc1Cl. The molecular weight excluding hydrogens is 267 g/mol. The van der Waals surface area contributed by atoms with Crippen LogP contribution in [0.1, 0.15) is 44.6 Å². The van der Waals surface area contributed by atoms with Gasteiger partial charge in [-0.3, -0.25) is 4.90 Å². The molecule has 1 aromatic rings. The topological polar surface area (TPSA) is 16.1 Å². The summed E-state index contributed by atoms with van der Waals surface area (Å²) in [6, 6.07) is 2.44. The molecule has 2 nitrogen and oxygen atoms in total. The van der Waals surface area contributed by atoms with Crippen molar-refractivity contribution in [3.8, 4) is 0 Å². The van der Waals surface area contributed by atoms with Crippen LogP contribution in [-0.4, -0.2) is 22.5 Å². The number of halogens is 2. The molecule has 2 heterocycles. The van der Waals surface area contributed by atoms with Gasteiger partial charge in [-0.1, -0.05) is 43.0 Å². The molecule has 1 saturated heterocycles. The first kappa shape index (κ1) is 14.1. The maximum Gasteiger partial charge on any atom is 0.130 e. The van der Waals surface area contributed by atoms with Gasteiger partial charge in [-0.2, -0.15) is 0 Å². The molecule has 1 aromatic heterocycles. The Morgan fingerprint density at radius 3 is 2.94 bits per heavy atom. The number of hydrogen-bond donors (Lipinski definition) is 0. The molecule has 0 aromatic carbocycles. The van der Waals surface area contributed by atoms with Gasteiger partial charge >= 0.3 is 0 Å². The zero-order valence-corrected chi connectivity index (χ0v) is 12.3. The van der Waals surface area contributed by atoms with Gasteiger partial charge in [-0.25, -0.2) is 4.98 Å². The van der Waals surface area contributed by atoms with E-state index in [4.69, 9.17) is 23.2 Å². The van der Waals surface area contributed by atoms with E-state index in [2.05, 4.69) is 16.8 Å². The lowest BCUT2D eigenvalue weighted by molar-refractivity contribution is 0.131. The van der Waals surface area contributed by atoms with Crippen molar-refractivity contribution in [1.29, 1.82) is 0 Å². The maximum atomic E-state index is 6.22. The molecule has 0 N–H and O–H groups in total. The zero-order chi connectivity index (χ0) is 13.0. The summed E-state index contributed by atoms with van der Waals surface area (Å²) in [5.74, 6) is 0. The Labute approximate surface area is 119 Å². The summed E-state index contributed by atoms with van der Waals surface area (Å²) >= 11 is 12.1. The van der Waals surface area contributed by atoms with Crippen LogP contribution in [0.25, 0.3) is 0 Å². The second kappa shape index (κ2) is 6.74. The standard InChI is InChI=1S/C14H20Cl2N2/c1-2-5-12-6-3-4-7-18(12)10-11-9-17-14(16)8-13(11)15/h8-9,12H,2-7,10H2,1H3. The van der Waals surface area contributed by atoms with Crippen molar-refractivity contribution in [3.63, 3.8) is 0 Å². The molecule has 1 atom stereocenters. The average Bonchev–Trinajstić information content (AvgIpc) is 2.35. The van der Waals surface area contributed by atoms with Crippen LogP contribution in [0.4, 0.5) is 0 Å². The molecule has 0 radical (unpaired) electrons. The Morgan fingerprint density at radius 2 is 2.22 bits per heavy atom. The largest absolute Gasteiger partial charge is 0.296 e. The van der Waals surface area contributed by atoms with Crippen molar-refractivity contribution < 1.29 is 0 Å². The lowest BCUT2D eigenvalue weighted by atomic mass is 9.98. The van der Waals surface area contributed by atoms with Crippen LogP contribution in [0.3, 0.4) is 0 Å². The molecule has 0 amide bonds. The molecule has 1 aliphatic rings. The van der Waals surface area contributed by atoms with E-state index in [1.54, 1.807) is 6.07 Å². The first-order chi connectivity index (χ1) is 8.70. The number of hydrogen-bond acceptors (Lipinski definition) is 2. The number of aromatic nitrogens is 1. The Hall–Kier alpha value is -0.310. The number of likely N-dealkylation sites (tertiary alicyclic amines) is 1. The normalized spacial score (nSPS) is 21.2. The molecule has 0 aliphatic carbocycles. The highest BCUT2D eigenvalue weighted by atomic mass is 35.5. The van der Waals surface area contributed by atoms with E-state index in [0.29, 0.717) is 11.2 Å². The predicted octanol–water partition coefficient (Wildman–Crippen LogP) is 4.54. The fourth-order valence-corrected chi connectivity index (χ4v) is 3.12. The Morgan fingerprint density at radius 1 is 1.39 bits per heavy atom. The highest BCUT2D eigenvalue weighted by Crippen LogP contribution is 2.26. The van der Waals surface area contributed by atoms with Crippen molar-refractivity contribution in [2.75, 3.05) is 6.54 Å². The minimum absolute atomic E-state index is 0.465. The molecule has 4 heteroatoms. The third-order valence-electron chi connectivity index (χ3n) is 3.64. The molecule has 1 fully saturated rings. The van der Waals surface area contributed by atoms with Gasteiger partial charge in [-0.15, -0.1) is 0 Å². The van der Waals surface area contributed by atoms with Gasteiger partial charge in [0.15, 0.2) is 0 Å². The van der Waals surface area contributed by atoms with E-state index < -0.39 is 0 Å². The van der Waals surface area contributed by atoms with E-state index in [1.165, 1.54) is 38.6 Å². The summed E-state index contributed by atoms with van der Waals surface area (Å²) in [6.45, 7) is 4.32. The first-order valence-electron chi connectivity index (χ1n) is 6.74. The van der Waals surface area contributed by atoms with Crippen molar-refractivity contribution in [1.82, 2.24) is 9.88 Å². The van der Waals surface area contributed by atoms with Gasteiger partial charge in [-0.05, 0) is 31.9 Å². The number of nitrogens with zero attached hydrogens (tertiary/aromatic N) is 2. The predicted molar refractivity (Wildman–Crippen MR) is 77.2 cm³/mol.